The highest BCUT2D eigenvalue weighted by Crippen LogP contribution is 2.12. The number of benzene rings is 1. The molecule has 0 saturated carbocycles. The number of nitrogens with one attached hydrogen (secondary N) is 1. The second-order valence-electron chi connectivity index (χ2n) is 3.55. The Kier molecular flexibility index (Phi) is 2.26. The third-order valence-electron chi connectivity index (χ3n) is 2.35. The fraction of sp³-hybridized carbons (Fsp3) is 0.167. The van der Waals surface area contributed by atoms with Gasteiger partial charge in [-0.2, -0.15) is 5.26 Å². The topological polar surface area (TPSA) is 56.6 Å². The summed E-state index contributed by atoms with van der Waals surface area (Å²) in [7, 11) is 0. The molecule has 0 atom stereocenters. The van der Waals surface area contributed by atoms with E-state index in [2.05, 4.69) is 4.98 Å². The number of aromatic amines is 1. The molecule has 2 rings (SSSR count). The molecular weight excluding hydrogens is 188 g/mol. The molecule has 74 valence electrons. The van der Waals surface area contributed by atoms with Crippen LogP contribution in [0.15, 0.2) is 29.1 Å². The van der Waals surface area contributed by atoms with E-state index >= 15 is 0 Å². The van der Waals surface area contributed by atoms with E-state index in [1.807, 2.05) is 31.2 Å². The first-order chi connectivity index (χ1) is 7.20. The van der Waals surface area contributed by atoms with Gasteiger partial charge in [0, 0.05) is 11.1 Å². The Labute approximate surface area is 87.0 Å². The van der Waals surface area contributed by atoms with Gasteiger partial charge in [-0.3, -0.25) is 4.79 Å². The molecule has 0 saturated heterocycles. The average Bonchev–Trinajstić information content (AvgIpc) is 2.20. The summed E-state index contributed by atoms with van der Waals surface area (Å²) in [6.07, 6.45) is 0.152. The minimum absolute atomic E-state index is 0.152. The molecule has 3 nitrogen and oxygen atoms in total. The number of aromatic nitrogens is 1. The van der Waals surface area contributed by atoms with Crippen molar-refractivity contribution < 1.29 is 0 Å². The van der Waals surface area contributed by atoms with Crippen molar-refractivity contribution in [3.63, 3.8) is 0 Å². The molecule has 15 heavy (non-hydrogen) atoms. The van der Waals surface area contributed by atoms with Gasteiger partial charge in [0.05, 0.1) is 12.5 Å². The van der Waals surface area contributed by atoms with Gasteiger partial charge < -0.3 is 4.98 Å². The Bertz CT molecular complexity index is 605. The molecule has 0 radical (unpaired) electrons. The molecule has 1 aromatic heterocycles. The van der Waals surface area contributed by atoms with Gasteiger partial charge in [-0.05, 0) is 30.0 Å². The van der Waals surface area contributed by atoms with Crippen LogP contribution in [-0.2, 0) is 6.42 Å². The lowest BCUT2D eigenvalue weighted by Crippen LogP contribution is -2.11. The first kappa shape index (κ1) is 9.47. The highest BCUT2D eigenvalue weighted by Gasteiger charge is 2.01. The van der Waals surface area contributed by atoms with Gasteiger partial charge in [0.1, 0.15) is 0 Å². The van der Waals surface area contributed by atoms with Crippen LogP contribution in [0, 0.1) is 18.3 Å². The molecule has 0 amide bonds. The molecular formula is C12H10N2O. The summed E-state index contributed by atoms with van der Waals surface area (Å²) < 4.78 is 0. The summed E-state index contributed by atoms with van der Waals surface area (Å²) >= 11 is 0. The number of hydrogen-bond donors (Lipinski definition) is 1. The Morgan fingerprint density at radius 1 is 1.40 bits per heavy atom. The van der Waals surface area contributed by atoms with Crippen LogP contribution in [0.5, 0.6) is 0 Å². The SMILES string of the molecule is Cc1ccc2cc(CC#N)c(=O)[nH]c2c1. The van der Waals surface area contributed by atoms with Gasteiger partial charge in [-0.25, -0.2) is 0 Å². The normalized spacial score (nSPS) is 10.1. The van der Waals surface area contributed by atoms with Crippen molar-refractivity contribution in [2.45, 2.75) is 13.3 Å². The highest BCUT2D eigenvalue weighted by atomic mass is 16.1. The number of nitriles is 1. The van der Waals surface area contributed by atoms with Crippen molar-refractivity contribution in [3.8, 4) is 6.07 Å². The number of rotatable bonds is 1. The predicted octanol–water partition coefficient (Wildman–Crippen LogP) is 1.90. The van der Waals surface area contributed by atoms with E-state index in [0.717, 1.165) is 16.5 Å². The van der Waals surface area contributed by atoms with Crippen molar-refractivity contribution in [2.75, 3.05) is 0 Å². The average molecular weight is 198 g/mol. The lowest BCUT2D eigenvalue weighted by molar-refractivity contribution is 1.16. The molecule has 1 aromatic carbocycles. The third kappa shape index (κ3) is 1.75. The van der Waals surface area contributed by atoms with E-state index in [0.29, 0.717) is 5.56 Å². The first-order valence-corrected chi connectivity index (χ1v) is 4.70. The van der Waals surface area contributed by atoms with Crippen molar-refractivity contribution in [1.82, 2.24) is 4.98 Å². The van der Waals surface area contributed by atoms with E-state index in [9.17, 15) is 4.79 Å². The lowest BCUT2D eigenvalue weighted by Gasteiger charge is -2.01. The van der Waals surface area contributed by atoms with Gasteiger partial charge in [0.2, 0.25) is 0 Å². The maximum absolute atomic E-state index is 11.5. The minimum Gasteiger partial charge on any atom is -0.322 e. The Morgan fingerprint density at radius 3 is 2.93 bits per heavy atom. The molecule has 0 aliphatic carbocycles. The smallest absolute Gasteiger partial charge is 0.252 e. The molecule has 1 N–H and O–H groups in total. The van der Waals surface area contributed by atoms with Crippen LogP contribution in [0.3, 0.4) is 0 Å². The fourth-order valence-corrected chi connectivity index (χ4v) is 1.58. The largest absolute Gasteiger partial charge is 0.322 e. The van der Waals surface area contributed by atoms with Gasteiger partial charge in [-0.15, -0.1) is 0 Å². The molecule has 3 heteroatoms. The zero-order chi connectivity index (χ0) is 10.8. The number of nitrogens with zero attached hydrogens (tertiary/aromatic N) is 1. The van der Waals surface area contributed by atoms with E-state index in [1.54, 1.807) is 6.07 Å². The van der Waals surface area contributed by atoms with Crippen LogP contribution in [-0.4, -0.2) is 4.98 Å². The highest BCUT2D eigenvalue weighted by molar-refractivity contribution is 5.79. The molecule has 1 heterocycles. The van der Waals surface area contributed by atoms with Crippen LogP contribution in [0.4, 0.5) is 0 Å². The minimum atomic E-state index is -0.172. The standard InChI is InChI=1S/C12H10N2O/c1-8-2-3-9-7-10(4-5-13)12(15)14-11(9)6-8/h2-3,6-7H,4H2,1H3,(H,14,15). The first-order valence-electron chi connectivity index (χ1n) is 4.70. The molecule has 0 aliphatic rings. The molecule has 0 spiro atoms. The van der Waals surface area contributed by atoms with Crippen molar-refractivity contribution >= 4 is 10.9 Å². The Morgan fingerprint density at radius 2 is 2.20 bits per heavy atom. The summed E-state index contributed by atoms with van der Waals surface area (Å²) in [5.41, 5.74) is 2.27. The van der Waals surface area contributed by atoms with E-state index in [4.69, 9.17) is 5.26 Å². The van der Waals surface area contributed by atoms with Crippen LogP contribution in [0.25, 0.3) is 10.9 Å². The second-order valence-corrected chi connectivity index (χ2v) is 3.55. The van der Waals surface area contributed by atoms with E-state index < -0.39 is 0 Å². The summed E-state index contributed by atoms with van der Waals surface area (Å²) in [6.45, 7) is 1.97. The molecule has 0 fully saturated rings. The maximum atomic E-state index is 11.5. The lowest BCUT2D eigenvalue weighted by atomic mass is 10.1. The summed E-state index contributed by atoms with van der Waals surface area (Å²) in [5.74, 6) is 0. The maximum Gasteiger partial charge on any atom is 0.252 e. The van der Waals surface area contributed by atoms with Crippen molar-refractivity contribution in [2.24, 2.45) is 0 Å². The molecule has 2 aromatic rings. The number of H-pyrrole nitrogens is 1. The Balaban J connectivity index is 2.72. The van der Waals surface area contributed by atoms with Gasteiger partial charge in [0.15, 0.2) is 0 Å². The van der Waals surface area contributed by atoms with Crippen molar-refractivity contribution in [1.29, 1.82) is 5.26 Å². The van der Waals surface area contributed by atoms with E-state index in [1.165, 1.54) is 0 Å². The van der Waals surface area contributed by atoms with Crippen LogP contribution in [0.1, 0.15) is 11.1 Å². The predicted molar refractivity (Wildman–Crippen MR) is 58.6 cm³/mol. The van der Waals surface area contributed by atoms with E-state index in [-0.39, 0.29) is 12.0 Å². The fourth-order valence-electron chi connectivity index (χ4n) is 1.58. The van der Waals surface area contributed by atoms with Crippen LogP contribution < -0.4 is 5.56 Å². The van der Waals surface area contributed by atoms with Crippen LogP contribution >= 0.6 is 0 Å². The van der Waals surface area contributed by atoms with Crippen molar-refractivity contribution in [3.05, 3.63) is 45.7 Å². The third-order valence-corrected chi connectivity index (χ3v) is 2.35. The Hall–Kier alpha value is -2.08. The molecule has 0 unspecified atom stereocenters. The summed E-state index contributed by atoms with van der Waals surface area (Å²) in [6, 6.07) is 9.61. The molecule has 0 bridgehead atoms. The zero-order valence-corrected chi connectivity index (χ0v) is 8.37. The number of aryl methyl sites for hydroxylation is 1. The number of hydrogen-bond acceptors (Lipinski definition) is 2. The van der Waals surface area contributed by atoms with Gasteiger partial charge >= 0.3 is 0 Å². The second kappa shape index (κ2) is 3.58. The monoisotopic (exact) mass is 198 g/mol. The quantitative estimate of drug-likeness (QED) is 0.760. The zero-order valence-electron chi connectivity index (χ0n) is 8.37. The van der Waals surface area contributed by atoms with Crippen LogP contribution in [0.2, 0.25) is 0 Å². The number of fused-ring (bicyclic) bond motifs is 1. The molecule has 0 aliphatic heterocycles. The number of pyridine rings is 1. The summed E-state index contributed by atoms with van der Waals surface area (Å²) in [5, 5.41) is 9.52. The summed E-state index contributed by atoms with van der Waals surface area (Å²) in [4.78, 5) is 14.3. The van der Waals surface area contributed by atoms with Gasteiger partial charge in [0.25, 0.3) is 5.56 Å². The van der Waals surface area contributed by atoms with Gasteiger partial charge in [-0.1, -0.05) is 12.1 Å².